The number of hydrogen-bond donors (Lipinski definition) is 1. The molecule has 0 amide bonds. The normalized spacial score (nSPS) is 11.1. The molecule has 3 nitrogen and oxygen atoms in total. The summed E-state index contributed by atoms with van der Waals surface area (Å²) in [4.78, 5) is 9.95. The van der Waals surface area contributed by atoms with Crippen molar-refractivity contribution >= 4 is 6.29 Å². The van der Waals surface area contributed by atoms with Gasteiger partial charge in [-0.25, -0.2) is 0 Å². The van der Waals surface area contributed by atoms with Crippen LogP contribution in [0.3, 0.4) is 0 Å². The van der Waals surface area contributed by atoms with E-state index in [0.29, 0.717) is 12.0 Å². The first-order valence-electron chi connectivity index (χ1n) is 4.18. The molecule has 76 valence electrons. The van der Waals surface area contributed by atoms with Crippen molar-refractivity contribution in [3.05, 3.63) is 49.0 Å². The standard InChI is InChI=1S/C11H15NO2/c1-4-12-10(2)6-5-7-11(3)14-9-8-13/h4-8,12H,1,3,9H2,2H3/b7-5-,10-6+. The second kappa shape index (κ2) is 7.86. The number of hydrogen-bond acceptors (Lipinski definition) is 3. The van der Waals surface area contributed by atoms with E-state index in [1.165, 1.54) is 0 Å². The monoisotopic (exact) mass is 193 g/mol. The summed E-state index contributed by atoms with van der Waals surface area (Å²) in [5.41, 5.74) is 0.958. The second-order valence-electron chi connectivity index (χ2n) is 2.50. The SMILES string of the molecule is C=CN/C(C)=C/C=C\C(=C)OCC=O. The largest absolute Gasteiger partial charge is 0.487 e. The van der Waals surface area contributed by atoms with Gasteiger partial charge in [0.15, 0.2) is 6.29 Å². The first-order valence-corrected chi connectivity index (χ1v) is 4.18. The number of ether oxygens (including phenoxy) is 1. The molecule has 0 saturated carbocycles. The highest BCUT2D eigenvalue weighted by Gasteiger charge is 1.85. The summed E-state index contributed by atoms with van der Waals surface area (Å²) in [6.07, 6.45) is 7.57. The number of carbonyl (C=O) groups is 1. The summed E-state index contributed by atoms with van der Waals surface area (Å²) >= 11 is 0. The third-order valence-electron chi connectivity index (χ3n) is 1.29. The molecule has 0 heterocycles. The number of allylic oxidation sites excluding steroid dienone is 4. The summed E-state index contributed by atoms with van der Waals surface area (Å²) in [6, 6.07) is 0. The first-order chi connectivity index (χ1) is 6.70. The van der Waals surface area contributed by atoms with Crippen molar-refractivity contribution in [1.29, 1.82) is 0 Å². The molecule has 0 aromatic heterocycles. The number of carbonyl (C=O) groups excluding carboxylic acids is 1. The Kier molecular flexibility index (Phi) is 6.86. The topological polar surface area (TPSA) is 38.3 Å². The van der Waals surface area contributed by atoms with Crippen LogP contribution in [0.5, 0.6) is 0 Å². The van der Waals surface area contributed by atoms with Gasteiger partial charge in [-0.2, -0.15) is 0 Å². The maximum atomic E-state index is 9.95. The Labute approximate surface area is 84.5 Å². The molecule has 0 spiro atoms. The zero-order valence-corrected chi connectivity index (χ0v) is 8.32. The van der Waals surface area contributed by atoms with E-state index >= 15 is 0 Å². The summed E-state index contributed by atoms with van der Waals surface area (Å²) < 4.78 is 4.91. The number of nitrogens with one attached hydrogen (secondary N) is 1. The Morgan fingerprint density at radius 3 is 2.86 bits per heavy atom. The van der Waals surface area contributed by atoms with Crippen molar-refractivity contribution in [2.75, 3.05) is 6.61 Å². The first kappa shape index (κ1) is 12.2. The molecule has 0 bridgehead atoms. The van der Waals surface area contributed by atoms with Crippen molar-refractivity contribution in [3.63, 3.8) is 0 Å². The van der Waals surface area contributed by atoms with Gasteiger partial charge in [-0.3, -0.25) is 4.79 Å². The summed E-state index contributed by atoms with van der Waals surface area (Å²) in [6.45, 7) is 9.07. The van der Waals surface area contributed by atoms with E-state index in [4.69, 9.17) is 4.74 Å². The average molecular weight is 193 g/mol. The molecular weight excluding hydrogens is 178 g/mol. The highest BCUT2D eigenvalue weighted by Crippen LogP contribution is 1.96. The van der Waals surface area contributed by atoms with Crippen LogP contribution in [0.15, 0.2) is 49.0 Å². The van der Waals surface area contributed by atoms with Crippen molar-refractivity contribution in [2.24, 2.45) is 0 Å². The molecule has 0 aliphatic heterocycles. The van der Waals surface area contributed by atoms with E-state index in [2.05, 4.69) is 18.5 Å². The molecule has 14 heavy (non-hydrogen) atoms. The fraction of sp³-hybridized carbons (Fsp3) is 0.182. The van der Waals surface area contributed by atoms with Crippen LogP contribution in [-0.2, 0) is 9.53 Å². The smallest absolute Gasteiger partial charge is 0.157 e. The third-order valence-corrected chi connectivity index (χ3v) is 1.29. The highest BCUT2D eigenvalue weighted by atomic mass is 16.5. The zero-order chi connectivity index (χ0) is 10.8. The molecular formula is C11H15NO2. The van der Waals surface area contributed by atoms with Crippen molar-refractivity contribution in [1.82, 2.24) is 5.32 Å². The summed E-state index contributed by atoms with van der Waals surface area (Å²) in [5, 5.41) is 2.91. The Morgan fingerprint density at radius 1 is 1.57 bits per heavy atom. The molecule has 0 unspecified atom stereocenters. The fourth-order valence-electron chi connectivity index (χ4n) is 0.698. The summed E-state index contributed by atoms with van der Waals surface area (Å²) in [5.74, 6) is 0.458. The third kappa shape index (κ3) is 6.91. The van der Waals surface area contributed by atoms with Gasteiger partial charge in [-0.05, 0) is 25.3 Å². The molecule has 0 aromatic rings. The maximum Gasteiger partial charge on any atom is 0.157 e. The van der Waals surface area contributed by atoms with Gasteiger partial charge in [0, 0.05) is 5.70 Å². The predicted octanol–water partition coefficient (Wildman–Crippen LogP) is 1.91. The fourth-order valence-corrected chi connectivity index (χ4v) is 0.698. The van der Waals surface area contributed by atoms with Crippen molar-refractivity contribution < 1.29 is 9.53 Å². The van der Waals surface area contributed by atoms with Crippen molar-refractivity contribution in [3.8, 4) is 0 Å². The minimum absolute atomic E-state index is 0.0385. The number of aldehydes is 1. The lowest BCUT2D eigenvalue weighted by Gasteiger charge is -1.99. The van der Waals surface area contributed by atoms with E-state index in [1.54, 1.807) is 18.4 Å². The summed E-state index contributed by atoms with van der Waals surface area (Å²) in [7, 11) is 0. The van der Waals surface area contributed by atoms with E-state index in [1.807, 2.05) is 13.0 Å². The molecule has 0 aliphatic rings. The lowest BCUT2D eigenvalue weighted by molar-refractivity contribution is -0.110. The Balaban J connectivity index is 3.91. The van der Waals surface area contributed by atoms with Crippen LogP contribution in [0.25, 0.3) is 0 Å². The van der Waals surface area contributed by atoms with Gasteiger partial charge < -0.3 is 10.1 Å². The van der Waals surface area contributed by atoms with Crippen LogP contribution in [0.1, 0.15) is 6.92 Å². The van der Waals surface area contributed by atoms with Crippen LogP contribution in [0.2, 0.25) is 0 Å². The molecule has 0 aliphatic carbocycles. The van der Waals surface area contributed by atoms with Gasteiger partial charge in [0.05, 0.1) is 0 Å². The minimum Gasteiger partial charge on any atom is -0.487 e. The van der Waals surface area contributed by atoms with Crippen molar-refractivity contribution in [2.45, 2.75) is 6.92 Å². The predicted molar refractivity (Wildman–Crippen MR) is 57.4 cm³/mol. The van der Waals surface area contributed by atoms with E-state index in [0.717, 1.165) is 5.70 Å². The molecule has 1 N–H and O–H groups in total. The molecule has 3 heteroatoms. The van der Waals surface area contributed by atoms with Gasteiger partial charge in [0.25, 0.3) is 0 Å². The van der Waals surface area contributed by atoms with Crippen LogP contribution >= 0.6 is 0 Å². The lowest BCUT2D eigenvalue weighted by atomic mass is 10.3. The minimum atomic E-state index is 0.0385. The molecule has 0 saturated heterocycles. The Hall–Kier alpha value is -1.77. The second-order valence-corrected chi connectivity index (χ2v) is 2.50. The van der Waals surface area contributed by atoms with E-state index < -0.39 is 0 Å². The van der Waals surface area contributed by atoms with Gasteiger partial charge in [0.2, 0.25) is 0 Å². The molecule has 0 atom stereocenters. The van der Waals surface area contributed by atoms with Crippen LogP contribution < -0.4 is 5.32 Å². The number of rotatable bonds is 7. The van der Waals surface area contributed by atoms with Crippen LogP contribution in [0.4, 0.5) is 0 Å². The molecule has 0 fully saturated rings. The molecule has 0 rings (SSSR count). The van der Waals surface area contributed by atoms with Gasteiger partial charge in [0.1, 0.15) is 12.4 Å². The lowest BCUT2D eigenvalue weighted by Crippen LogP contribution is -1.98. The maximum absolute atomic E-state index is 9.95. The zero-order valence-electron chi connectivity index (χ0n) is 8.32. The Morgan fingerprint density at radius 2 is 2.29 bits per heavy atom. The molecule has 0 aromatic carbocycles. The molecule has 0 radical (unpaired) electrons. The highest BCUT2D eigenvalue weighted by molar-refractivity contribution is 5.50. The van der Waals surface area contributed by atoms with Gasteiger partial charge in [-0.1, -0.05) is 19.2 Å². The average Bonchev–Trinajstić information content (AvgIpc) is 2.15. The van der Waals surface area contributed by atoms with Crippen LogP contribution in [-0.4, -0.2) is 12.9 Å². The van der Waals surface area contributed by atoms with E-state index in [-0.39, 0.29) is 6.61 Å². The Bertz CT molecular complexity index is 264. The quantitative estimate of drug-likeness (QED) is 0.381. The van der Waals surface area contributed by atoms with Gasteiger partial charge >= 0.3 is 0 Å². The van der Waals surface area contributed by atoms with E-state index in [9.17, 15) is 4.79 Å². The van der Waals surface area contributed by atoms with Gasteiger partial charge in [-0.15, -0.1) is 0 Å². The van der Waals surface area contributed by atoms with Crippen LogP contribution in [0, 0.1) is 0 Å².